The second-order valence-corrected chi connectivity index (χ2v) is 8.64. The molecule has 3 aromatic rings. The highest BCUT2D eigenvalue weighted by Gasteiger charge is 2.45. The Kier molecular flexibility index (Phi) is 6.79. The molecule has 1 N–H and O–H groups in total. The van der Waals surface area contributed by atoms with E-state index in [1.807, 2.05) is 0 Å². The van der Waals surface area contributed by atoms with Crippen LogP contribution in [-0.2, 0) is 0 Å². The molecule has 0 fully saturated rings. The Morgan fingerprint density at radius 2 is 1.78 bits per heavy atom. The number of nitrogens with one attached hydrogen (secondary N) is 1. The number of amides is 2. The number of pyridine rings is 1. The van der Waals surface area contributed by atoms with E-state index in [0.29, 0.717) is 20.5 Å². The largest absolute Gasteiger partial charge is 0.432 e. The fraction of sp³-hybridized carbons (Fsp3) is 0.316. The number of carbonyl (C=O) groups is 1. The molecule has 13 heteroatoms. The van der Waals surface area contributed by atoms with Crippen LogP contribution in [0.25, 0.3) is 10.3 Å². The summed E-state index contributed by atoms with van der Waals surface area (Å²) < 4.78 is 68.0. The molecule has 172 valence electrons. The zero-order valence-corrected chi connectivity index (χ0v) is 18.4. The van der Waals surface area contributed by atoms with Crippen molar-refractivity contribution in [3.63, 3.8) is 0 Å². The van der Waals surface area contributed by atoms with E-state index in [2.05, 4.69) is 32.7 Å². The summed E-state index contributed by atoms with van der Waals surface area (Å²) in [5.74, 6) is -0.105. The molecule has 0 saturated heterocycles. The molecule has 32 heavy (non-hydrogen) atoms. The molecule has 2 heterocycles. The maximum atomic E-state index is 13.4. The van der Waals surface area contributed by atoms with Gasteiger partial charge < -0.3 is 10.1 Å². The van der Waals surface area contributed by atoms with E-state index in [1.54, 1.807) is 26.0 Å². The van der Waals surface area contributed by atoms with Crippen molar-refractivity contribution < 1.29 is 31.5 Å². The van der Waals surface area contributed by atoms with Crippen LogP contribution in [0.1, 0.15) is 20.3 Å². The molecule has 0 saturated carbocycles. The van der Waals surface area contributed by atoms with Crippen LogP contribution in [0, 0.1) is 0 Å². The van der Waals surface area contributed by atoms with E-state index in [4.69, 9.17) is 0 Å². The molecule has 1 aromatic carbocycles. The quantitative estimate of drug-likeness (QED) is 0.311. The lowest BCUT2D eigenvalue weighted by Crippen LogP contribution is -2.40. The van der Waals surface area contributed by atoms with Gasteiger partial charge in [-0.05, 0) is 50.2 Å². The minimum absolute atomic E-state index is 0.226. The first-order valence-electron chi connectivity index (χ1n) is 9.13. The van der Waals surface area contributed by atoms with Gasteiger partial charge in [-0.3, -0.25) is 4.90 Å². The lowest BCUT2D eigenvalue weighted by atomic mass is 10.3. The average Bonchev–Trinajstić information content (AvgIpc) is 3.00. The number of thiol groups is 1. The summed E-state index contributed by atoms with van der Waals surface area (Å²) in [5.41, 5.74) is 0.870. The third kappa shape index (κ3) is 6.19. The van der Waals surface area contributed by atoms with Crippen molar-refractivity contribution in [3.8, 4) is 5.75 Å². The zero-order chi connectivity index (χ0) is 23.7. The molecule has 0 aliphatic carbocycles. The number of urea groups is 1. The van der Waals surface area contributed by atoms with Gasteiger partial charge in [-0.25, -0.2) is 14.8 Å². The summed E-state index contributed by atoms with van der Waals surface area (Å²) in [5, 5.41) is 2.60. The van der Waals surface area contributed by atoms with Crippen molar-refractivity contribution >= 4 is 51.8 Å². The number of benzene rings is 1. The number of fused-ring (bicyclic) bond motifs is 1. The van der Waals surface area contributed by atoms with Gasteiger partial charge >= 0.3 is 18.3 Å². The van der Waals surface area contributed by atoms with Crippen LogP contribution in [0.3, 0.4) is 0 Å². The van der Waals surface area contributed by atoms with Gasteiger partial charge in [0.25, 0.3) is 0 Å². The third-order valence-corrected chi connectivity index (χ3v) is 5.13. The standard InChI is InChI=1S/C19H17F5N4O2S2/c1-10(2)28(14-8-7-13-15(27-14)32-17(31)26-13)16(29)25-11-3-5-12(6-4-11)30-19(23,24)9-18(20,21)22/h3-8,10H,9H2,1-2H3,(H,25,29)(H,26,31). The lowest BCUT2D eigenvalue weighted by molar-refractivity contribution is -0.255. The number of thiazole rings is 1. The zero-order valence-electron chi connectivity index (χ0n) is 16.7. The summed E-state index contributed by atoms with van der Waals surface area (Å²) in [4.78, 5) is 23.5. The Labute approximate surface area is 188 Å². The molecular formula is C19H17F5N4O2S2. The number of nitrogens with zero attached hydrogens (tertiary/aromatic N) is 3. The van der Waals surface area contributed by atoms with Gasteiger partial charge in [0.05, 0.1) is 0 Å². The molecule has 2 amide bonds. The normalized spacial score (nSPS) is 12.3. The van der Waals surface area contributed by atoms with Gasteiger partial charge in [0.1, 0.15) is 32.7 Å². The van der Waals surface area contributed by atoms with Crippen molar-refractivity contribution in [3.05, 3.63) is 36.4 Å². The first kappa shape index (κ1) is 24.0. The van der Waals surface area contributed by atoms with Crippen LogP contribution >= 0.6 is 24.0 Å². The average molecular weight is 492 g/mol. The number of ether oxygens (including phenoxy) is 1. The summed E-state index contributed by atoms with van der Waals surface area (Å²) in [6.45, 7) is 3.56. The second-order valence-electron chi connectivity index (χ2n) is 6.94. The van der Waals surface area contributed by atoms with Crippen LogP contribution in [0.15, 0.2) is 40.7 Å². The third-order valence-electron chi connectivity index (χ3n) is 3.99. The molecule has 2 aromatic heterocycles. The fourth-order valence-electron chi connectivity index (χ4n) is 2.76. The molecule has 3 rings (SSSR count). The SMILES string of the molecule is CC(C)N(C(=O)Nc1ccc(OC(F)(F)CC(F)(F)F)cc1)c1ccc2nc(S)sc2n1. The summed E-state index contributed by atoms with van der Waals surface area (Å²) in [6, 6.07) is 7.07. The van der Waals surface area contributed by atoms with Gasteiger partial charge in [-0.15, -0.1) is 12.6 Å². The topological polar surface area (TPSA) is 67.4 Å². The van der Waals surface area contributed by atoms with Gasteiger partial charge in [0, 0.05) is 11.7 Å². The molecule has 0 bridgehead atoms. The Hall–Kier alpha value is -2.67. The molecule has 0 aliphatic rings. The number of rotatable bonds is 6. The van der Waals surface area contributed by atoms with E-state index < -0.39 is 30.5 Å². The van der Waals surface area contributed by atoms with Crippen LogP contribution in [0.5, 0.6) is 5.75 Å². The smallest absolute Gasteiger partial charge is 0.406 e. The number of anilines is 2. The lowest BCUT2D eigenvalue weighted by Gasteiger charge is -2.26. The maximum Gasteiger partial charge on any atom is 0.406 e. The van der Waals surface area contributed by atoms with Gasteiger partial charge in [0.2, 0.25) is 0 Å². The Balaban J connectivity index is 1.72. The molecule has 0 radical (unpaired) electrons. The summed E-state index contributed by atoms with van der Waals surface area (Å²) in [7, 11) is 0. The van der Waals surface area contributed by atoms with Crippen molar-refractivity contribution in [1.29, 1.82) is 0 Å². The number of hydrogen-bond acceptors (Lipinski definition) is 6. The molecule has 0 spiro atoms. The number of carbonyl (C=O) groups excluding carboxylic acids is 1. The summed E-state index contributed by atoms with van der Waals surface area (Å²) >= 11 is 5.45. The van der Waals surface area contributed by atoms with Crippen molar-refractivity contribution in [2.75, 3.05) is 10.2 Å². The predicted octanol–water partition coefficient (Wildman–Crippen LogP) is 6.35. The number of alkyl halides is 5. The number of halogens is 5. The van der Waals surface area contributed by atoms with Gasteiger partial charge in [-0.2, -0.15) is 22.0 Å². The highest BCUT2D eigenvalue weighted by Crippen LogP contribution is 2.34. The monoisotopic (exact) mass is 492 g/mol. The number of aromatic nitrogens is 2. The van der Waals surface area contributed by atoms with Crippen LogP contribution in [-0.4, -0.2) is 34.3 Å². The van der Waals surface area contributed by atoms with E-state index in [1.165, 1.54) is 28.4 Å². The summed E-state index contributed by atoms with van der Waals surface area (Å²) in [6.07, 6.45) is -11.9. The van der Waals surface area contributed by atoms with Gasteiger partial charge in [-0.1, -0.05) is 11.3 Å². The van der Waals surface area contributed by atoms with E-state index in [-0.39, 0.29) is 11.7 Å². The van der Waals surface area contributed by atoms with Crippen molar-refractivity contribution in [2.45, 2.75) is 42.9 Å². The van der Waals surface area contributed by atoms with Gasteiger partial charge in [0.15, 0.2) is 0 Å². The fourth-order valence-corrected chi connectivity index (χ4v) is 3.81. The molecule has 6 nitrogen and oxygen atoms in total. The Morgan fingerprint density at radius 1 is 1.12 bits per heavy atom. The Morgan fingerprint density at radius 3 is 2.38 bits per heavy atom. The first-order chi connectivity index (χ1) is 14.8. The van der Waals surface area contributed by atoms with E-state index in [0.717, 1.165) is 12.1 Å². The minimum Gasteiger partial charge on any atom is -0.432 e. The molecular weight excluding hydrogens is 475 g/mol. The Bertz CT molecular complexity index is 1100. The molecule has 0 aliphatic heterocycles. The molecule has 0 unspecified atom stereocenters. The van der Waals surface area contributed by atoms with E-state index >= 15 is 0 Å². The second kappa shape index (κ2) is 9.06. The van der Waals surface area contributed by atoms with Crippen LogP contribution in [0.2, 0.25) is 0 Å². The molecule has 0 atom stereocenters. The van der Waals surface area contributed by atoms with Crippen LogP contribution < -0.4 is 15.0 Å². The van der Waals surface area contributed by atoms with E-state index in [9.17, 15) is 26.7 Å². The van der Waals surface area contributed by atoms with Crippen LogP contribution in [0.4, 0.5) is 38.3 Å². The highest BCUT2D eigenvalue weighted by molar-refractivity contribution is 7.82. The first-order valence-corrected chi connectivity index (χ1v) is 10.4. The maximum absolute atomic E-state index is 13.4. The number of hydrogen-bond donors (Lipinski definition) is 2. The van der Waals surface area contributed by atoms with Crippen molar-refractivity contribution in [2.24, 2.45) is 0 Å². The minimum atomic E-state index is -5.08. The van der Waals surface area contributed by atoms with Crippen molar-refractivity contribution in [1.82, 2.24) is 9.97 Å². The highest BCUT2D eigenvalue weighted by atomic mass is 32.2. The predicted molar refractivity (Wildman–Crippen MR) is 114 cm³/mol.